The molecule has 0 aliphatic rings. The summed E-state index contributed by atoms with van der Waals surface area (Å²) in [6.07, 6.45) is 0.752. The molecular weight excluding hydrogens is 308 g/mol. The minimum Gasteiger partial charge on any atom is -0.481 e. The number of thioether (sulfide) groups is 1. The number of nitrogens with zero attached hydrogens (tertiary/aromatic N) is 4. The summed E-state index contributed by atoms with van der Waals surface area (Å²) in [5.74, 6) is -0.0131. The van der Waals surface area contributed by atoms with Crippen LogP contribution in [0.2, 0.25) is 0 Å². The first-order valence-electron chi connectivity index (χ1n) is 6.66. The molecule has 2 rings (SSSR count). The van der Waals surface area contributed by atoms with Crippen molar-refractivity contribution in [3.63, 3.8) is 0 Å². The molecular formula is C13H18N4O2S2. The van der Waals surface area contributed by atoms with Gasteiger partial charge in [0.2, 0.25) is 0 Å². The fraction of sp³-hybridized carbons (Fsp3) is 0.538. The molecule has 0 radical (unpaired) electrons. The number of thiazole rings is 1. The lowest BCUT2D eigenvalue weighted by atomic mass is 10.2. The molecule has 0 fully saturated rings. The molecule has 0 aromatic carbocycles. The predicted molar refractivity (Wildman–Crippen MR) is 83.2 cm³/mol. The van der Waals surface area contributed by atoms with Gasteiger partial charge in [-0.2, -0.15) is 0 Å². The van der Waals surface area contributed by atoms with Crippen LogP contribution < -0.4 is 0 Å². The Morgan fingerprint density at radius 3 is 2.67 bits per heavy atom. The van der Waals surface area contributed by atoms with Gasteiger partial charge in [-0.05, 0) is 20.8 Å². The number of aromatic nitrogens is 4. The number of aliphatic carboxylic acids is 1. The highest BCUT2D eigenvalue weighted by atomic mass is 32.2. The molecule has 2 aromatic heterocycles. The zero-order valence-electron chi connectivity index (χ0n) is 12.5. The quantitative estimate of drug-likeness (QED) is 0.822. The monoisotopic (exact) mass is 326 g/mol. The highest BCUT2D eigenvalue weighted by molar-refractivity contribution is 7.99. The van der Waals surface area contributed by atoms with E-state index in [-0.39, 0.29) is 11.8 Å². The Morgan fingerprint density at radius 1 is 1.43 bits per heavy atom. The largest absolute Gasteiger partial charge is 0.481 e. The molecule has 1 unspecified atom stereocenters. The van der Waals surface area contributed by atoms with Gasteiger partial charge in [0.15, 0.2) is 5.16 Å². The molecule has 0 amide bonds. The van der Waals surface area contributed by atoms with Gasteiger partial charge < -0.3 is 5.11 Å². The van der Waals surface area contributed by atoms with Gasteiger partial charge in [0.25, 0.3) is 0 Å². The van der Waals surface area contributed by atoms with E-state index in [9.17, 15) is 4.79 Å². The zero-order chi connectivity index (χ0) is 15.6. The number of rotatable bonds is 6. The molecule has 1 atom stereocenters. The SMILES string of the molecule is CCc1nnc(SCC(=O)O)n1C(C)c1sc(C)nc1C. The number of hydrogen-bond donors (Lipinski definition) is 1. The number of carbonyl (C=O) groups is 1. The second-order valence-corrected chi connectivity index (χ2v) is 6.84. The summed E-state index contributed by atoms with van der Waals surface area (Å²) in [6, 6.07) is 0.0532. The Hall–Kier alpha value is -1.41. The lowest BCUT2D eigenvalue weighted by Gasteiger charge is -2.16. The van der Waals surface area contributed by atoms with E-state index in [4.69, 9.17) is 5.11 Å². The van der Waals surface area contributed by atoms with Crippen molar-refractivity contribution in [2.75, 3.05) is 5.75 Å². The van der Waals surface area contributed by atoms with Gasteiger partial charge in [0.05, 0.1) is 27.4 Å². The van der Waals surface area contributed by atoms with E-state index in [1.54, 1.807) is 11.3 Å². The lowest BCUT2D eigenvalue weighted by Crippen LogP contribution is -2.12. The van der Waals surface area contributed by atoms with E-state index in [0.29, 0.717) is 5.16 Å². The summed E-state index contributed by atoms with van der Waals surface area (Å²) in [5, 5.41) is 18.8. The molecule has 0 aliphatic carbocycles. The van der Waals surface area contributed by atoms with Crippen molar-refractivity contribution in [3.05, 3.63) is 21.4 Å². The van der Waals surface area contributed by atoms with E-state index in [2.05, 4.69) is 22.1 Å². The fourth-order valence-corrected chi connectivity index (χ4v) is 3.94. The maximum absolute atomic E-state index is 10.8. The Bertz CT molecular complexity index is 651. The van der Waals surface area contributed by atoms with Crippen molar-refractivity contribution in [1.82, 2.24) is 19.7 Å². The van der Waals surface area contributed by atoms with Crippen LogP contribution in [0.4, 0.5) is 0 Å². The second kappa shape index (κ2) is 6.57. The van der Waals surface area contributed by atoms with E-state index >= 15 is 0 Å². The Labute approximate surface area is 131 Å². The van der Waals surface area contributed by atoms with Crippen molar-refractivity contribution < 1.29 is 9.90 Å². The molecule has 2 heterocycles. The molecule has 0 spiro atoms. The van der Waals surface area contributed by atoms with Crippen LogP contribution in [0.15, 0.2) is 5.16 Å². The van der Waals surface area contributed by atoms with E-state index in [0.717, 1.165) is 22.9 Å². The standard InChI is InChI=1S/C13H18N4O2S2/c1-5-10-15-16-13(20-6-11(18)19)17(10)8(3)12-7(2)14-9(4)21-12/h8H,5-6H2,1-4H3,(H,18,19). The third-order valence-electron chi connectivity index (χ3n) is 3.08. The van der Waals surface area contributed by atoms with Crippen LogP contribution >= 0.6 is 23.1 Å². The Balaban J connectivity index is 2.38. The summed E-state index contributed by atoms with van der Waals surface area (Å²) in [4.78, 5) is 16.4. The first-order valence-corrected chi connectivity index (χ1v) is 8.46. The van der Waals surface area contributed by atoms with Crippen LogP contribution in [0.5, 0.6) is 0 Å². The van der Waals surface area contributed by atoms with Gasteiger partial charge in [-0.25, -0.2) is 4.98 Å². The van der Waals surface area contributed by atoms with Crippen LogP contribution in [0.3, 0.4) is 0 Å². The number of hydrogen-bond acceptors (Lipinski definition) is 6. The summed E-state index contributed by atoms with van der Waals surface area (Å²) >= 11 is 2.86. The minimum atomic E-state index is -0.856. The second-order valence-electron chi connectivity index (χ2n) is 4.66. The molecule has 21 heavy (non-hydrogen) atoms. The van der Waals surface area contributed by atoms with Gasteiger partial charge in [-0.15, -0.1) is 21.5 Å². The summed E-state index contributed by atoms with van der Waals surface area (Å²) in [5.41, 5.74) is 1.01. The van der Waals surface area contributed by atoms with Crippen molar-refractivity contribution in [2.24, 2.45) is 0 Å². The lowest BCUT2D eigenvalue weighted by molar-refractivity contribution is -0.133. The van der Waals surface area contributed by atoms with E-state index in [1.807, 2.05) is 25.3 Å². The van der Waals surface area contributed by atoms with E-state index < -0.39 is 5.97 Å². The maximum atomic E-state index is 10.8. The van der Waals surface area contributed by atoms with Crippen LogP contribution in [-0.4, -0.2) is 36.6 Å². The molecule has 0 aliphatic heterocycles. The predicted octanol–water partition coefficient (Wildman–Crippen LogP) is 2.70. The van der Waals surface area contributed by atoms with Crippen LogP contribution in [0.1, 0.15) is 41.3 Å². The van der Waals surface area contributed by atoms with Crippen molar-refractivity contribution in [1.29, 1.82) is 0 Å². The highest BCUT2D eigenvalue weighted by Gasteiger charge is 2.22. The average Bonchev–Trinajstić information content (AvgIpc) is 2.98. The van der Waals surface area contributed by atoms with Gasteiger partial charge in [-0.3, -0.25) is 9.36 Å². The van der Waals surface area contributed by atoms with Crippen molar-refractivity contribution in [2.45, 2.75) is 45.3 Å². The molecule has 114 valence electrons. The molecule has 6 nitrogen and oxygen atoms in total. The zero-order valence-corrected chi connectivity index (χ0v) is 14.1. The normalized spacial score (nSPS) is 12.6. The fourth-order valence-electron chi connectivity index (χ4n) is 2.21. The van der Waals surface area contributed by atoms with Crippen LogP contribution in [0, 0.1) is 13.8 Å². The Kier molecular flexibility index (Phi) is 5.00. The van der Waals surface area contributed by atoms with Crippen molar-refractivity contribution in [3.8, 4) is 0 Å². The average molecular weight is 326 g/mol. The van der Waals surface area contributed by atoms with E-state index in [1.165, 1.54) is 16.6 Å². The van der Waals surface area contributed by atoms with Crippen molar-refractivity contribution >= 4 is 29.1 Å². The van der Waals surface area contributed by atoms with Gasteiger partial charge >= 0.3 is 5.97 Å². The number of carboxylic acids is 1. The first-order chi connectivity index (χ1) is 9.93. The molecule has 0 saturated carbocycles. The first kappa shape index (κ1) is 16.0. The minimum absolute atomic E-state index is 0.0186. The third-order valence-corrected chi connectivity index (χ3v) is 5.25. The highest BCUT2D eigenvalue weighted by Crippen LogP contribution is 2.31. The maximum Gasteiger partial charge on any atom is 0.313 e. The number of carboxylic acid groups (broad SMARTS) is 1. The van der Waals surface area contributed by atoms with Gasteiger partial charge in [-0.1, -0.05) is 18.7 Å². The molecule has 8 heteroatoms. The number of aryl methyl sites for hydroxylation is 3. The van der Waals surface area contributed by atoms with Gasteiger partial charge in [0, 0.05) is 6.42 Å². The summed E-state index contributed by atoms with van der Waals surface area (Å²) in [6.45, 7) is 8.08. The van der Waals surface area contributed by atoms with Gasteiger partial charge in [0.1, 0.15) is 5.82 Å². The topological polar surface area (TPSA) is 80.9 Å². The van der Waals surface area contributed by atoms with Crippen LogP contribution in [0.25, 0.3) is 0 Å². The third kappa shape index (κ3) is 3.44. The van der Waals surface area contributed by atoms with Crippen LogP contribution in [-0.2, 0) is 11.2 Å². The molecule has 0 saturated heterocycles. The molecule has 0 bridgehead atoms. The molecule has 2 aromatic rings. The summed E-state index contributed by atoms with van der Waals surface area (Å²) in [7, 11) is 0. The molecule has 1 N–H and O–H groups in total. The smallest absolute Gasteiger partial charge is 0.313 e. The summed E-state index contributed by atoms with van der Waals surface area (Å²) < 4.78 is 2.02. The Morgan fingerprint density at radius 2 is 2.14 bits per heavy atom.